The van der Waals surface area contributed by atoms with E-state index in [-0.39, 0.29) is 0 Å². The smallest absolute Gasteiger partial charge is 0.134 e. The van der Waals surface area contributed by atoms with Gasteiger partial charge in [-0.15, -0.1) is 0 Å². The van der Waals surface area contributed by atoms with Gasteiger partial charge in [0.2, 0.25) is 0 Å². The lowest BCUT2D eigenvalue weighted by Gasteiger charge is -2.23. The van der Waals surface area contributed by atoms with E-state index in [1.54, 1.807) is 0 Å². The van der Waals surface area contributed by atoms with Crippen molar-refractivity contribution < 1.29 is 0 Å². The van der Waals surface area contributed by atoms with E-state index in [9.17, 15) is 0 Å². The van der Waals surface area contributed by atoms with Crippen molar-refractivity contribution in [3.8, 4) is 0 Å². The average Bonchev–Trinajstić information content (AvgIpc) is 2.18. The van der Waals surface area contributed by atoms with Crippen LogP contribution in [0.1, 0.15) is 12.0 Å². The summed E-state index contributed by atoms with van der Waals surface area (Å²) < 4.78 is 1.89. The molecule has 0 bridgehead atoms. The fourth-order valence-corrected chi connectivity index (χ4v) is 2.01. The summed E-state index contributed by atoms with van der Waals surface area (Å²) >= 11 is 5.03. The molecule has 0 aliphatic carbocycles. The molecule has 0 aliphatic rings. The van der Waals surface area contributed by atoms with Crippen molar-refractivity contribution in [2.45, 2.75) is 12.8 Å². The molecule has 0 radical (unpaired) electrons. The van der Waals surface area contributed by atoms with Gasteiger partial charge in [-0.25, -0.2) is 0 Å². The molecule has 3 nitrogen and oxygen atoms in total. The van der Waals surface area contributed by atoms with Crippen molar-refractivity contribution in [3.63, 3.8) is 0 Å². The van der Waals surface area contributed by atoms with Gasteiger partial charge in [-0.1, -0.05) is 30.3 Å². The van der Waals surface area contributed by atoms with Crippen LogP contribution in [0.5, 0.6) is 0 Å². The molecule has 0 amide bonds. The molecule has 1 aromatic rings. The third-order valence-corrected chi connectivity index (χ3v) is 4.43. The summed E-state index contributed by atoms with van der Waals surface area (Å²) in [7, 11) is 1.89. The van der Waals surface area contributed by atoms with Crippen LogP contribution in [0.25, 0.3) is 0 Å². The van der Waals surface area contributed by atoms with Gasteiger partial charge >= 0.3 is 0 Å². The second kappa shape index (κ2) is 5.73. The first-order valence-corrected chi connectivity index (χ1v) is 7.82. The Bertz CT molecular complexity index is 336. The molecule has 5 heteroatoms. The van der Waals surface area contributed by atoms with Gasteiger partial charge < -0.3 is 0 Å². The van der Waals surface area contributed by atoms with E-state index in [2.05, 4.69) is 24.3 Å². The highest BCUT2D eigenvalue weighted by Crippen LogP contribution is 2.29. The van der Waals surface area contributed by atoms with Crippen molar-refractivity contribution in [3.05, 3.63) is 35.9 Å². The Labute approximate surface area is 96.6 Å². The number of rotatable bonds is 5. The topological polar surface area (TPSA) is 55.3 Å². The number of aryl methyl sites for hydroxylation is 1. The van der Waals surface area contributed by atoms with Gasteiger partial charge in [-0.2, -0.15) is 0 Å². The minimum atomic E-state index is -2.21. The highest BCUT2D eigenvalue weighted by molar-refractivity contribution is 8.11. The molecule has 0 fully saturated rings. The summed E-state index contributed by atoms with van der Waals surface area (Å²) in [5.41, 5.74) is 12.7. The molecule has 84 valence electrons. The van der Waals surface area contributed by atoms with E-state index < -0.39 is 6.49 Å². The zero-order chi connectivity index (χ0) is 11.3. The van der Waals surface area contributed by atoms with Crippen LogP contribution >= 0.6 is 6.49 Å². The third-order valence-electron chi connectivity index (χ3n) is 2.32. The molecule has 0 atom stereocenters. The zero-order valence-electron chi connectivity index (χ0n) is 8.97. The standard InChI is InChI=1S/C10H18N3PS/c1-13(14(11,12)15)9-5-8-10-6-3-2-4-7-10/h2-4,6-7H,5,8-9H2,1H3,(H4,11,12,15). The number of nitrogens with two attached hydrogens (primary N) is 2. The average molecular weight is 243 g/mol. The molecule has 0 aliphatic heterocycles. The molecule has 0 saturated heterocycles. The fourth-order valence-electron chi connectivity index (χ4n) is 1.31. The molecular weight excluding hydrogens is 225 g/mol. The maximum absolute atomic E-state index is 5.69. The normalized spacial score (nSPS) is 12.0. The molecule has 15 heavy (non-hydrogen) atoms. The van der Waals surface area contributed by atoms with Gasteiger partial charge in [0.1, 0.15) is 6.49 Å². The number of benzene rings is 1. The van der Waals surface area contributed by atoms with E-state index in [0.717, 1.165) is 19.4 Å². The summed E-state index contributed by atoms with van der Waals surface area (Å²) in [6.45, 7) is -1.35. The van der Waals surface area contributed by atoms with Crippen molar-refractivity contribution >= 4 is 18.3 Å². The first-order chi connectivity index (χ1) is 7.00. The lowest BCUT2D eigenvalue weighted by atomic mass is 10.1. The van der Waals surface area contributed by atoms with Crippen molar-refractivity contribution in [2.24, 2.45) is 11.0 Å². The molecule has 4 N–H and O–H groups in total. The van der Waals surface area contributed by atoms with E-state index in [1.807, 2.05) is 17.8 Å². The van der Waals surface area contributed by atoms with Crippen LogP contribution in [0.3, 0.4) is 0 Å². The molecule has 0 saturated carbocycles. The van der Waals surface area contributed by atoms with E-state index in [1.165, 1.54) is 5.56 Å². The maximum atomic E-state index is 5.69. The first kappa shape index (κ1) is 12.8. The second-order valence-electron chi connectivity index (χ2n) is 3.64. The maximum Gasteiger partial charge on any atom is 0.134 e. The van der Waals surface area contributed by atoms with Crippen LogP contribution in [-0.4, -0.2) is 18.3 Å². The molecular formula is C10H18N3PS. The van der Waals surface area contributed by atoms with Gasteiger partial charge in [-0.05, 0) is 37.3 Å². The Kier molecular flexibility index (Phi) is 4.90. The van der Waals surface area contributed by atoms with Crippen LogP contribution in [-0.2, 0) is 18.2 Å². The highest BCUT2D eigenvalue weighted by Gasteiger charge is 2.10. The van der Waals surface area contributed by atoms with Gasteiger partial charge in [0, 0.05) is 6.54 Å². The monoisotopic (exact) mass is 243 g/mol. The predicted octanol–water partition coefficient (Wildman–Crippen LogP) is 1.69. The number of nitrogens with zero attached hydrogens (tertiary/aromatic N) is 1. The minimum absolute atomic E-state index is 0.860. The van der Waals surface area contributed by atoms with Crippen molar-refractivity contribution in [1.82, 2.24) is 4.67 Å². The quantitative estimate of drug-likeness (QED) is 0.773. The Morgan fingerprint density at radius 1 is 1.27 bits per heavy atom. The van der Waals surface area contributed by atoms with Crippen LogP contribution in [0.15, 0.2) is 30.3 Å². The van der Waals surface area contributed by atoms with Gasteiger partial charge in [0.25, 0.3) is 0 Å². The number of hydrogen-bond acceptors (Lipinski definition) is 1. The SMILES string of the molecule is CN(CCCc1ccccc1)P(N)(N)=S. The fraction of sp³-hybridized carbons (Fsp3) is 0.400. The van der Waals surface area contributed by atoms with E-state index in [4.69, 9.17) is 22.8 Å². The Morgan fingerprint density at radius 2 is 1.87 bits per heavy atom. The lowest BCUT2D eigenvalue weighted by molar-refractivity contribution is 0.524. The molecule has 0 spiro atoms. The summed E-state index contributed by atoms with van der Waals surface area (Å²) in [5.74, 6) is 0. The lowest BCUT2D eigenvalue weighted by Crippen LogP contribution is -2.26. The highest BCUT2D eigenvalue weighted by atomic mass is 32.4. The van der Waals surface area contributed by atoms with Crippen LogP contribution < -0.4 is 11.0 Å². The van der Waals surface area contributed by atoms with E-state index in [0.29, 0.717) is 0 Å². The summed E-state index contributed by atoms with van der Waals surface area (Å²) in [6.07, 6.45) is 2.08. The van der Waals surface area contributed by atoms with Crippen molar-refractivity contribution in [1.29, 1.82) is 0 Å². The molecule has 1 rings (SSSR count). The molecule has 0 heterocycles. The predicted molar refractivity (Wildman–Crippen MR) is 70.1 cm³/mol. The Hall–Kier alpha value is -0.250. The first-order valence-electron chi connectivity index (χ1n) is 4.93. The van der Waals surface area contributed by atoms with Gasteiger partial charge in [-0.3, -0.25) is 15.7 Å². The summed E-state index contributed by atoms with van der Waals surface area (Å²) in [6, 6.07) is 10.4. The Balaban J connectivity index is 2.31. The van der Waals surface area contributed by atoms with Crippen LogP contribution in [0.4, 0.5) is 0 Å². The van der Waals surface area contributed by atoms with Crippen LogP contribution in [0.2, 0.25) is 0 Å². The largest absolute Gasteiger partial charge is 0.279 e. The van der Waals surface area contributed by atoms with Crippen molar-refractivity contribution in [2.75, 3.05) is 13.6 Å². The second-order valence-corrected chi connectivity index (χ2v) is 7.43. The summed E-state index contributed by atoms with van der Waals surface area (Å²) in [4.78, 5) is 0. The van der Waals surface area contributed by atoms with Gasteiger partial charge in [0.15, 0.2) is 0 Å². The zero-order valence-corrected chi connectivity index (χ0v) is 10.7. The molecule has 1 aromatic carbocycles. The summed E-state index contributed by atoms with van der Waals surface area (Å²) in [5, 5.41) is 0. The molecule has 0 aromatic heterocycles. The van der Waals surface area contributed by atoms with Gasteiger partial charge in [0.05, 0.1) is 0 Å². The third kappa shape index (κ3) is 4.87. The Morgan fingerprint density at radius 3 is 2.40 bits per heavy atom. The minimum Gasteiger partial charge on any atom is -0.279 e. The number of hydrogen-bond donors (Lipinski definition) is 2. The molecule has 0 unspecified atom stereocenters. The van der Waals surface area contributed by atoms with Crippen LogP contribution in [0, 0.1) is 0 Å². The van der Waals surface area contributed by atoms with E-state index >= 15 is 0 Å².